The summed E-state index contributed by atoms with van der Waals surface area (Å²) in [6, 6.07) is 23.7. The quantitative estimate of drug-likeness (QED) is 0.304. The Morgan fingerprint density at radius 2 is 1.29 bits per heavy atom. The predicted molar refractivity (Wildman–Crippen MR) is 128 cm³/mol. The maximum absolute atomic E-state index is 12.7. The van der Waals surface area contributed by atoms with Crippen molar-refractivity contribution in [3.8, 4) is 0 Å². The van der Waals surface area contributed by atoms with Crippen molar-refractivity contribution in [3.63, 3.8) is 0 Å². The number of hydrogen-bond acceptors (Lipinski definition) is 7. The van der Waals surface area contributed by atoms with Crippen molar-refractivity contribution in [2.75, 3.05) is 19.8 Å². The second kappa shape index (κ2) is 10.4. The fraction of sp³-hybridized carbons (Fsp3) is 0.259. The van der Waals surface area contributed by atoms with Crippen LogP contribution in [0.2, 0.25) is 0 Å². The molecule has 0 N–H and O–H groups in total. The minimum absolute atomic E-state index is 0.0266. The van der Waals surface area contributed by atoms with Crippen molar-refractivity contribution in [1.82, 2.24) is 0 Å². The van der Waals surface area contributed by atoms with Gasteiger partial charge in [0.2, 0.25) is 0 Å². The normalized spacial score (nSPS) is 16.3. The Labute approximate surface area is 204 Å². The van der Waals surface area contributed by atoms with Crippen LogP contribution in [0.4, 0.5) is 0 Å². The predicted octanol–water partition coefficient (Wildman–Crippen LogP) is 4.42. The van der Waals surface area contributed by atoms with Crippen molar-refractivity contribution in [3.05, 3.63) is 102 Å². The molecule has 0 saturated heterocycles. The molecule has 0 radical (unpaired) electrons. The fourth-order valence-corrected chi connectivity index (χ4v) is 5.05. The lowest BCUT2D eigenvalue weighted by Gasteiger charge is -2.18. The molecule has 1 fully saturated rings. The molecule has 1 aliphatic rings. The maximum atomic E-state index is 12.7. The number of carbonyl (C=O) groups excluding carboxylic acids is 2. The van der Waals surface area contributed by atoms with E-state index in [9.17, 15) is 18.0 Å². The molecule has 0 bridgehead atoms. The minimum Gasteiger partial charge on any atom is -0.461 e. The first-order chi connectivity index (χ1) is 16.8. The zero-order chi connectivity index (χ0) is 24.9. The summed E-state index contributed by atoms with van der Waals surface area (Å²) in [4.78, 5) is 25.0. The van der Waals surface area contributed by atoms with E-state index in [1.165, 1.54) is 6.07 Å². The highest BCUT2D eigenvalue weighted by Crippen LogP contribution is 2.53. The molecule has 1 aliphatic carbocycles. The van der Waals surface area contributed by atoms with Crippen LogP contribution in [0.15, 0.2) is 89.8 Å². The smallest absolute Gasteiger partial charge is 0.338 e. The average Bonchev–Trinajstić information content (AvgIpc) is 3.59. The van der Waals surface area contributed by atoms with Gasteiger partial charge in [0.15, 0.2) is 0 Å². The molecule has 0 aromatic heterocycles. The van der Waals surface area contributed by atoms with Crippen LogP contribution in [0.25, 0.3) is 0 Å². The van der Waals surface area contributed by atoms with Gasteiger partial charge in [-0.15, -0.1) is 0 Å². The summed E-state index contributed by atoms with van der Waals surface area (Å²) >= 11 is 0. The Morgan fingerprint density at radius 3 is 1.80 bits per heavy atom. The minimum atomic E-state index is -3.96. The van der Waals surface area contributed by atoms with Gasteiger partial charge in [-0.05, 0) is 55.2 Å². The van der Waals surface area contributed by atoms with Gasteiger partial charge in [0, 0.05) is 5.41 Å². The lowest BCUT2D eigenvalue weighted by atomic mass is 10.1. The molecule has 0 heterocycles. The number of hydrogen-bond donors (Lipinski definition) is 0. The molecule has 8 heteroatoms. The van der Waals surface area contributed by atoms with E-state index in [0.717, 1.165) is 0 Å². The zero-order valence-corrected chi connectivity index (χ0v) is 20.1. The molecule has 35 heavy (non-hydrogen) atoms. The second-order valence-electron chi connectivity index (χ2n) is 8.65. The molecule has 182 valence electrons. The summed E-state index contributed by atoms with van der Waals surface area (Å²) in [5.41, 5.74) is 0.665. The van der Waals surface area contributed by atoms with Crippen molar-refractivity contribution in [1.29, 1.82) is 0 Å². The first-order valence-electron chi connectivity index (χ1n) is 11.2. The van der Waals surface area contributed by atoms with Crippen molar-refractivity contribution in [2.24, 2.45) is 11.3 Å². The van der Waals surface area contributed by atoms with E-state index in [1.54, 1.807) is 85.8 Å². The number of esters is 2. The average molecular weight is 495 g/mol. The van der Waals surface area contributed by atoms with Crippen LogP contribution in [-0.4, -0.2) is 40.2 Å². The fourth-order valence-electron chi connectivity index (χ4n) is 3.87. The van der Waals surface area contributed by atoms with Gasteiger partial charge in [-0.3, -0.25) is 4.18 Å². The maximum Gasteiger partial charge on any atom is 0.338 e. The topological polar surface area (TPSA) is 96.0 Å². The van der Waals surface area contributed by atoms with Crippen LogP contribution >= 0.6 is 0 Å². The van der Waals surface area contributed by atoms with Crippen molar-refractivity contribution in [2.45, 2.75) is 18.2 Å². The standard InChI is InChI=1S/C27H26O7S/c1-20-10-8-9-15-24(20)35(30,31)34-17-23-16-27(23,18-32-25(28)21-11-4-2-5-12-21)19-33-26(29)22-13-6-3-7-14-22/h2-15,23H,16-19H2,1H3. The van der Waals surface area contributed by atoms with Gasteiger partial charge in [0.05, 0.1) is 22.6 Å². The summed E-state index contributed by atoms with van der Waals surface area (Å²) in [5, 5.41) is 0. The second-order valence-corrected chi connectivity index (χ2v) is 10.2. The highest BCUT2D eigenvalue weighted by Gasteiger charge is 2.57. The number of rotatable bonds is 10. The third-order valence-corrected chi connectivity index (χ3v) is 7.59. The van der Waals surface area contributed by atoms with Gasteiger partial charge < -0.3 is 9.47 Å². The lowest BCUT2D eigenvalue weighted by Crippen LogP contribution is -2.26. The molecule has 1 unspecified atom stereocenters. The van der Waals surface area contributed by atoms with Gasteiger partial charge in [-0.25, -0.2) is 9.59 Å². The molecule has 1 atom stereocenters. The van der Waals surface area contributed by atoms with E-state index < -0.39 is 27.5 Å². The Bertz CT molecular complexity index is 1230. The molecule has 3 aromatic rings. The summed E-state index contributed by atoms with van der Waals surface area (Å²) in [5.74, 6) is -1.27. The summed E-state index contributed by atoms with van der Waals surface area (Å²) < 4.78 is 41.8. The van der Waals surface area contributed by atoms with Crippen LogP contribution in [0.1, 0.15) is 32.7 Å². The first kappa shape index (κ1) is 24.6. The monoisotopic (exact) mass is 494 g/mol. The van der Waals surface area contributed by atoms with Gasteiger partial charge in [-0.1, -0.05) is 54.6 Å². The molecule has 0 aliphatic heterocycles. The van der Waals surface area contributed by atoms with Crippen molar-refractivity contribution < 1.29 is 31.7 Å². The Kier molecular flexibility index (Phi) is 7.33. The third-order valence-electron chi connectivity index (χ3n) is 6.15. The molecular weight excluding hydrogens is 468 g/mol. The number of benzene rings is 3. The van der Waals surface area contributed by atoms with Gasteiger partial charge in [0.1, 0.15) is 13.2 Å². The molecule has 0 spiro atoms. The largest absolute Gasteiger partial charge is 0.461 e. The Morgan fingerprint density at radius 1 is 0.800 bits per heavy atom. The Balaban J connectivity index is 1.43. The first-order valence-corrected chi connectivity index (χ1v) is 12.6. The zero-order valence-electron chi connectivity index (χ0n) is 19.3. The third kappa shape index (κ3) is 5.96. The molecule has 7 nitrogen and oxygen atoms in total. The van der Waals surface area contributed by atoms with E-state index in [-0.39, 0.29) is 30.6 Å². The molecule has 4 rings (SSSR count). The van der Waals surface area contributed by atoms with Gasteiger partial charge in [0.25, 0.3) is 10.1 Å². The van der Waals surface area contributed by atoms with Crippen LogP contribution in [0.5, 0.6) is 0 Å². The van der Waals surface area contributed by atoms with Crippen molar-refractivity contribution >= 4 is 22.1 Å². The van der Waals surface area contributed by atoms with Crippen LogP contribution in [0.3, 0.4) is 0 Å². The summed E-state index contributed by atoms with van der Waals surface area (Å²) in [6.07, 6.45) is 0.487. The lowest BCUT2D eigenvalue weighted by molar-refractivity contribution is 0.0164. The molecular formula is C27H26O7S. The summed E-state index contributed by atoms with van der Waals surface area (Å²) in [7, 11) is -3.96. The highest BCUT2D eigenvalue weighted by molar-refractivity contribution is 7.86. The van der Waals surface area contributed by atoms with E-state index in [2.05, 4.69) is 0 Å². The number of ether oxygens (including phenoxy) is 2. The van der Waals surface area contributed by atoms with E-state index in [0.29, 0.717) is 23.1 Å². The SMILES string of the molecule is Cc1ccccc1S(=O)(=O)OCC1CC1(COC(=O)c1ccccc1)COC(=O)c1ccccc1. The van der Waals surface area contributed by atoms with E-state index >= 15 is 0 Å². The van der Waals surface area contributed by atoms with E-state index in [1.807, 2.05) is 0 Å². The molecule has 3 aromatic carbocycles. The van der Waals surface area contributed by atoms with E-state index in [4.69, 9.17) is 13.7 Å². The molecule has 0 amide bonds. The van der Waals surface area contributed by atoms with Crippen LogP contribution < -0.4 is 0 Å². The van der Waals surface area contributed by atoms with Gasteiger partial charge in [-0.2, -0.15) is 8.42 Å². The number of aryl methyl sites for hydroxylation is 1. The van der Waals surface area contributed by atoms with Gasteiger partial charge >= 0.3 is 11.9 Å². The van der Waals surface area contributed by atoms with Crippen LogP contribution in [0, 0.1) is 18.3 Å². The Hall–Kier alpha value is -3.49. The summed E-state index contributed by atoms with van der Waals surface area (Å²) in [6.45, 7) is 1.54. The highest BCUT2D eigenvalue weighted by atomic mass is 32.2. The molecule has 1 saturated carbocycles. The number of carbonyl (C=O) groups is 2. The van der Waals surface area contributed by atoms with Crippen LogP contribution in [-0.2, 0) is 23.8 Å².